The normalized spacial score (nSPS) is 10.1. The predicted molar refractivity (Wildman–Crippen MR) is 50.7 cm³/mol. The van der Waals surface area contributed by atoms with E-state index in [9.17, 15) is 0 Å². The summed E-state index contributed by atoms with van der Waals surface area (Å²) in [5, 5.41) is 0.194. The van der Waals surface area contributed by atoms with Gasteiger partial charge >= 0.3 is 0 Å². The van der Waals surface area contributed by atoms with Crippen molar-refractivity contribution in [2.45, 2.75) is 0 Å². The summed E-state index contributed by atoms with van der Waals surface area (Å²) in [5.41, 5.74) is 0. The van der Waals surface area contributed by atoms with E-state index in [4.69, 9.17) is 34.4 Å². The molecular weight excluding hydrogens is 237 g/mol. The van der Waals surface area contributed by atoms with Crippen LogP contribution < -0.4 is 0 Å². The van der Waals surface area contributed by atoms with Crippen LogP contribution in [0.2, 0.25) is 0 Å². The van der Waals surface area contributed by atoms with E-state index in [0.29, 0.717) is 0 Å². The second kappa shape index (κ2) is 8.54. The molecule has 0 aliphatic rings. The van der Waals surface area contributed by atoms with Crippen molar-refractivity contribution in [3.05, 3.63) is 0 Å². The maximum Gasteiger partial charge on any atom is 0.281 e. The van der Waals surface area contributed by atoms with Gasteiger partial charge in [-0.1, -0.05) is 0 Å². The van der Waals surface area contributed by atoms with Crippen molar-refractivity contribution >= 4 is 52.1 Å². The minimum Gasteiger partial charge on any atom is -0.321 e. The van der Waals surface area contributed by atoms with Gasteiger partial charge in [-0.3, -0.25) is 0 Å². The van der Waals surface area contributed by atoms with Gasteiger partial charge in [0, 0.05) is 14.2 Å². The molecule has 0 saturated carbocycles. The Labute approximate surface area is 80.7 Å². The molecule has 0 bridgehead atoms. The molecule has 0 radical (unpaired) electrons. The van der Waals surface area contributed by atoms with Crippen molar-refractivity contribution < 1.29 is 9.05 Å². The highest BCUT2D eigenvalue weighted by Gasteiger charge is 2.06. The van der Waals surface area contributed by atoms with Crippen molar-refractivity contribution in [1.29, 1.82) is 0 Å². The Morgan fingerprint density at radius 3 is 1.50 bits per heavy atom. The fourth-order valence-corrected chi connectivity index (χ4v) is 0.224. The van der Waals surface area contributed by atoms with E-state index < -0.39 is 5.84 Å². The van der Waals surface area contributed by atoms with Crippen LogP contribution in [0.5, 0.6) is 0 Å². The zero-order valence-corrected chi connectivity index (χ0v) is 9.49. The fraction of sp³-hybridized carbons (Fsp3) is 1.00. The third kappa shape index (κ3) is 12.1. The van der Waals surface area contributed by atoms with Crippen LogP contribution in [0.3, 0.4) is 0 Å². The van der Waals surface area contributed by atoms with E-state index in [2.05, 4.69) is 20.9 Å². The largest absolute Gasteiger partial charge is 0.321 e. The van der Waals surface area contributed by atoms with Crippen LogP contribution in [-0.2, 0) is 20.9 Å². The van der Waals surface area contributed by atoms with E-state index in [1.165, 1.54) is 14.2 Å². The number of hydrogen-bond acceptors (Lipinski definition) is 3. The number of halogens is 3. The van der Waals surface area contributed by atoms with Crippen LogP contribution in [0.4, 0.5) is 0 Å². The summed E-state index contributed by atoms with van der Waals surface area (Å²) < 4.78 is 9.11. The molecule has 0 N–H and O–H groups in total. The summed E-state index contributed by atoms with van der Waals surface area (Å²) in [6.45, 7) is 0. The number of hydrogen-bond donors (Lipinski definition) is 0. The van der Waals surface area contributed by atoms with Gasteiger partial charge in [-0.05, 0) is 23.0 Å². The summed E-state index contributed by atoms with van der Waals surface area (Å²) in [6.07, 6.45) is 0. The Balaban J connectivity index is 0. The maximum atomic E-state index is 5.39. The summed E-state index contributed by atoms with van der Waals surface area (Å²) in [4.78, 5) is 0. The molecule has 0 aromatic carbocycles. The highest BCUT2D eigenvalue weighted by Crippen LogP contribution is 2.51. The molecule has 0 saturated heterocycles. The smallest absolute Gasteiger partial charge is 0.281 e. The van der Waals surface area contributed by atoms with Crippen molar-refractivity contribution in [3.63, 3.8) is 0 Å². The Morgan fingerprint density at radius 2 is 1.50 bits per heavy atom. The first-order chi connectivity index (χ1) is 4.54. The predicted octanol–water partition coefficient (Wildman–Crippen LogP) is 3.16. The zero-order chi connectivity index (χ0) is 8.62. The van der Waals surface area contributed by atoms with Gasteiger partial charge in [-0.2, -0.15) is 0 Å². The van der Waals surface area contributed by atoms with E-state index >= 15 is 0 Å². The van der Waals surface area contributed by atoms with Gasteiger partial charge in [0.15, 0.2) is 0 Å². The van der Waals surface area contributed by atoms with Crippen molar-refractivity contribution in [3.8, 4) is 0 Å². The maximum absolute atomic E-state index is 5.39. The lowest BCUT2D eigenvalue weighted by Gasteiger charge is -2.05. The third-order valence-electron chi connectivity index (χ3n) is 0.436. The molecule has 0 heterocycles. The van der Waals surface area contributed by atoms with E-state index in [0.717, 1.165) is 0 Å². The molecule has 7 heteroatoms. The monoisotopic (exact) mass is 244 g/mol. The summed E-state index contributed by atoms with van der Waals surface area (Å²) in [5.74, 6) is -2.35. The topological polar surface area (TPSA) is 18.5 Å². The first kappa shape index (κ1) is 14.0. The molecule has 0 fully saturated rings. The molecule has 64 valence electrons. The quantitative estimate of drug-likeness (QED) is 0.550. The van der Waals surface area contributed by atoms with E-state index in [1.807, 2.05) is 0 Å². The van der Waals surface area contributed by atoms with Crippen LogP contribution in [-0.4, -0.2) is 19.6 Å². The molecule has 0 spiro atoms. The van der Waals surface area contributed by atoms with Crippen molar-refractivity contribution in [2.24, 2.45) is 0 Å². The van der Waals surface area contributed by atoms with Crippen LogP contribution in [0, 0.1) is 0 Å². The van der Waals surface area contributed by atoms with Gasteiger partial charge in [0.25, 0.3) is 5.84 Å². The van der Waals surface area contributed by atoms with E-state index in [1.54, 1.807) is 0 Å². The molecule has 10 heavy (non-hydrogen) atoms. The molecule has 0 aliphatic heterocycles. The highest BCUT2D eigenvalue weighted by molar-refractivity contribution is 8.22. The van der Waals surface area contributed by atoms with Crippen molar-refractivity contribution in [1.82, 2.24) is 0 Å². The second-order valence-electron chi connectivity index (χ2n) is 0.897. The first-order valence-corrected chi connectivity index (χ1v) is 6.68. The van der Waals surface area contributed by atoms with Gasteiger partial charge in [0.1, 0.15) is 0 Å². The van der Waals surface area contributed by atoms with Crippen LogP contribution in [0.1, 0.15) is 0 Å². The SMILES string of the molecule is COP(=S)(Cl)OC.ClCCl. The summed E-state index contributed by atoms with van der Waals surface area (Å²) in [7, 11) is 2.86. The summed E-state index contributed by atoms with van der Waals surface area (Å²) in [6, 6.07) is 0. The lowest BCUT2D eigenvalue weighted by molar-refractivity contribution is 0.352. The molecule has 0 rings (SSSR count). The average Bonchev–Trinajstić information content (AvgIpc) is 1.90. The third-order valence-corrected chi connectivity index (χ3v) is 3.03. The standard InChI is InChI=1S/C2H6ClO2PS.CH2Cl2/c1-4-6(3,7)5-2;2-1-3/h1-2H3;1H2. The van der Waals surface area contributed by atoms with Gasteiger partial charge in [0.05, 0.1) is 5.34 Å². The van der Waals surface area contributed by atoms with Crippen LogP contribution in [0.15, 0.2) is 0 Å². The Hall–Kier alpha value is 1.44. The molecule has 0 aromatic heterocycles. The average molecular weight is 245 g/mol. The van der Waals surface area contributed by atoms with Crippen LogP contribution >= 0.6 is 40.3 Å². The van der Waals surface area contributed by atoms with Crippen LogP contribution in [0.25, 0.3) is 0 Å². The minimum absolute atomic E-state index is 0.194. The highest BCUT2D eigenvalue weighted by atomic mass is 35.7. The number of rotatable bonds is 2. The van der Waals surface area contributed by atoms with Gasteiger partial charge in [-0.15, -0.1) is 23.2 Å². The molecule has 2 nitrogen and oxygen atoms in total. The molecule has 0 atom stereocenters. The van der Waals surface area contributed by atoms with Gasteiger partial charge < -0.3 is 9.05 Å². The second-order valence-corrected chi connectivity index (χ2v) is 6.68. The summed E-state index contributed by atoms with van der Waals surface area (Å²) >= 11 is 19.5. The first-order valence-electron chi connectivity index (χ1n) is 2.07. The zero-order valence-electron chi connectivity index (χ0n) is 5.51. The minimum atomic E-state index is -2.35. The van der Waals surface area contributed by atoms with Crippen molar-refractivity contribution in [2.75, 3.05) is 19.6 Å². The Morgan fingerprint density at radius 1 is 1.30 bits per heavy atom. The lowest BCUT2D eigenvalue weighted by Crippen LogP contribution is -1.75. The van der Waals surface area contributed by atoms with Gasteiger partial charge in [-0.25, -0.2) is 0 Å². The van der Waals surface area contributed by atoms with Gasteiger partial charge in [0.2, 0.25) is 0 Å². The number of alkyl halides is 2. The molecule has 0 unspecified atom stereocenters. The van der Waals surface area contributed by atoms with E-state index in [-0.39, 0.29) is 5.34 Å². The molecule has 0 amide bonds. The molecular formula is C3H8Cl3O2PS. The Kier molecular flexibility index (Phi) is 11.9. The molecule has 0 aromatic rings. The lowest BCUT2D eigenvalue weighted by atomic mass is 11.8. The molecule has 0 aliphatic carbocycles. The Bertz CT molecular complexity index is 104. The fourth-order valence-electron chi connectivity index (χ4n) is 0.0745.